The highest BCUT2D eigenvalue weighted by atomic mass is 19.4. The van der Waals surface area contributed by atoms with Crippen molar-refractivity contribution in [1.82, 2.24) is 14.9 Å². The second kappa shape index (κ2) is 7.74. The number of amides is 1. The SMILES string of the molecule is CC(C)(C)OC(=O)N1CCN(c2nc3cc(C(F)(F)F)c(F)cc3nc2NN)CC1. The number of nitrogens with two attached hydrogens (primary N) is 1. The van der Waals surface area contributed by atoms with E-state index in [1.807, 2.05) is 0 Å². The first-order valence-corrected chi connectivity index (χ1v) is 9.17. The summed E-state index contributed by atoms with van der Waals surface area (Å²) in [6, 6.07) is 1.30. The first-order chi connectivity index (χ1) is 13.9. The standard InChI is InChI=1S/C18H22F4N6O2/c1-17(2,3)30-16(29)28-6-4-27(5-7-28)15-14(26-23)24-13-9-11(19)10(18(20,21)22)8-12(13)25-15/h8-9H,4-7,23H2,1-3H3,(H,24,26). The van der Waals surface area contributed by atoms with Crippen molar-refractivity contribution in [3.63, 3.8) is 0 Å². The van der Waals surface area contributed by atoms with Crippen LogP contribution in [0.2, 0.25) is 0 Å². The van der Waals surface area contributed by atoms with Gasteiger partial charge in [-0.05, 0) is 26.8 Å². The average Bonchev–Trinajstić information content (AvgIpc) is 2.64. The molecule has 2 heterocycles. The smallest absolute Gasteiger partial charge is 0.419 e. The van der Waals surface area contributed by atoms with Crippen molar-refractivity contribution in [3.8, 4) is 0 Å². The van der Waals surface area contributed by atoms with Crippen molar-refractivity contribution in [1.29, 1.82) is 0 Å². The van der Waals surface area contributed by atoms with Gasteiger partial charge in [0.25, 0.3) is 0 Å². The van der Waals surface area contributed by atoms with Gasteiger partial charge in [-0.25, -0.2) is 25.0 Å². The van der Waals surface area contributed by atoms with Crippen LogP contribution in [0.4, 0.5) is 34.0 Å². The zero-order chi connectivity index (χ0) is 22.3. The molecule has 0 radical (unpaired) electrons. The Kier molecular flexibility index (Phi) is 5.63. The molecule has 0 saturated carbocycles. The van der Waals surface area contributed by atoms with Crippen molar-refractivity contribution in [2.24, 2.45) is 5.84 Å². The third kappa shape index (κ3) is 4.64. The number of carbonyl (C=O) groups is 1. The molecule has 12 heteroatoms. The molecular weight excluding hydrogens is 408 g/mol. The van der Waals surface area contributed by atoms with Crippen molar-refractivity contribution in [2.45, 2.75) is 32.5 Å². The first-order valence-electron chi connectivity index (χ1n) is 9.17. The molecule has 0 bridgehead atoms. The van der Waals surface area contributed by atoms with Gasteiger partial charge in [0.15, 0.2) is 11.6 Å². The molecule has 1 amide bonds. The molecule has 3 rings (SSSR count). The number of hydrogen-bond donors (Lipinski definition) is 2. The van der Waals surface area contributed by atoms with Gasteiger partial charge >= 0.3 is 12.3 Å². The summed E-state index contributed by atoms with van der Waals surface area (Å²) in [5.74, 6) is 4.36. The number of alkyl halides is 3. The summed E-state index contributed by atoms with van der Waals surface area (Å²) in [5.41, 5.74) is 0.123. The molecular formula is C18H22F4N6O2. The molecule has 0 spiro atoms. The minimum absolute atomic E-state index is 0.0652. The molecule has 2 aromatic rings. The highest BCUT2D eigenvalue weighted by Crippen LogP contribution is 2.34. The summed E-state index contributed by atoms with van der Waals surface area (Å²) in [5, 5.41) is 0. The predicted octanol–water partition coefficient (Wildman–Crippen LogP) is 3.13. The highest BCUT2D eigenvalue weighted by Gasteiger charge is 2.35. The maximum atomic E-state index is 13.8. The number of halogens is 4. The van der Waals surface area contributed by atoms with E-state index in [4.69, 9.17) is 10.6 Å². The minimum atomic E-state index is -4.86. The molecule has 3 N–H and O–H groups in total. The molecule has 1 saturated heterocycles. The number of ether oxygens (including phenoxy) is 1. The number of hydrazine groups is 1. The predicted molar refractivity (Wildman–Crippen MR) is 102 cm³/mol. The molecule has 0 atom stereocenters. The number of benzene rings is 1. The van der Waals surface area contributed by atoms with E-state index < -0.39 is 29.3 Å². The van der Waals surface area contributed by atoms with E-state index in [1.165, 1.54) is 4.90 Å². The molecule has 0 unspecified atom stereocenters. The lowest BCUT2D eigenvalue weighted by Crippen LogP contribution is -2.50. The van der Waals surface area contributed by atoms with Crippen molar-refractivity contribution >= 4 is 28.8 Å². The third-order valence-corrected chi connectivity index (χ3v) is 4.41. The second-order valence-corrected chi connectivity index (χ2v) is 7.81. The van der Waals surface area contributed by atoms with E-state index in [0.717, 1.165) is 0 Å². The van der Waals surface area contributed by atoms with Gasteiger partial charge in [-0.15, -0.1) is 0 Å². The zero-order valence-electron chi connectivity index (χ0n) is 16.7. The molecule has 1 aromatic heterocycles. The van der Waals surface area contributed by atoms with Gasteiger partial charge in [0, 0.05) is 32.2 Å². The summed E-state index contributed by atoms with van der Waals surface area (Å²) < 4.78 is 58.3. The summed E-state index contributed by atoms with van der Waals surface area (Å²) in [7, 11) is 0. The van der Waals surface area contributed by atoms with E-state index >= 15 is 0 Å². The molecule has 1 aliphatic heterocycles. The molecule has 0 aliphatic carbocycles. The summed E-state index contributed by atoms with van der Waals surface area (Å²) >= 11 is 0. The van der Waals surface area contributed by atoms with E-state index in [0.29, 0.717) is 38.3 Å². The number of nitrogens with zero attached hydrogens (tertiary/aromatic N) is 4. The Balaban J connectivity index is 1.87. The second-order valence-electron chi connectivity index (χ2n) is 7.81. The molecule has 8 nitrogen and oxygen atoms in total. The van der Waals surface area contributed by atoms with Crippen LogP contribution in [-0.2, 0) is 10.9 Å². The Morgan fingerprint density at radius 2 is 1.70 bits per heavy atom. The van der Waals surface area contributed by atoms with Crippen molar-refractivity contribution in [3.05, 3.63) is 23.5 Å². The van der Waals surface area contributed by atoms with E-state index in [-0.39, 0.29) is 22.7 Å². The van der Waals surface area contributed by atoms with Crippen molar-refractivity contribution in [2.75, 3.05) is 36.5 Å². The van der Waals surface area contributed by atoms with Crippen LogP contribution in [-0.4, -0.2) is 52.7 Å². The van der Waals surface area contributed by atoms with E-state index in [9.17, 15) is 22.4 Å². The van der Waals surface area contributed by atoms with Crippen LogP contribution in [0, 0.1) is 5.82 Å². The van der Waals surface area contributed by atoms with Gasteiger partial charge in [-0.3, -0.25) is 0 Å². The molecule has 30 heavy (non-hydrogen) atoms. The van der Waals surface area contributed by atoms with Crippen LogP contribution < -0.4 is 16.2 Å². The normalized spacial score (nSPS) is 15.5. The Bertz CT molecular complexity index is 952. The van der Waals surface area contributed by atoms with Gasteiger partial charge in [0.1, 0.15) is 11.4 Å². The Hall–Kier alpha value is -2.89. The van der Waals surface area contributed by atoms with Crippen LogP contribution in [0.5, 0.6) is 0 Å². The fraction of sp³-hybridized carbons (Fsp3) is 0.500. The summed E-state index contributed by atoms with van der Waals surface area (Å²) in [4.78, 5) is 23.8. The summed E-state index contributed by atoms with van der Waals surface area (Å²) in [6.45, 7) is 6.60. The molecule has 1 fully saturated rings. The van der Waals surface area contributed by atoms with Crippen LogP contribution >= 0.6 is 0 Å². The third-order valence-electron chi connectivity index (χ3n) is 4.41. The number of rotatable bonds is 2. The Labute approximate surface area is 170 Å². The number of carbonyl (C=O) groups excluding carboxylic acids is 1. The van der Waals surface area contributed by atoms with Crippen LogP contribution in [0.25, 0.3) is 11.0 Å². The first kappa shape index (κ1) is 21.8. The Morgan fingerprint density at radius 3 is 2.23 bits per heavy atom. The number of piperazine rings is 1. The largest absolute Gasteiger partial charge is 0.444 e. The highest BCUT2D eigenvalue weighted by molar-refractivity contribution is 5.81. The number of nitrogen functional groups attached to an aromatic ring is 1. The maximum absolute atomic E-state index is 13.8. The lowest BCUT2D eigenvalue weighted by atomic mass is 10.1. The van der Waals surface area contributed by atoms with Gasteiger partial charge < -0.3 is 20.0 Å². The monoisotopic (exact) mass is 430 g/mol. The van der Waals surface area contributed by atoms with Gasteiger partial charge in [-0.2, -0.15) is 13.2 Å². The fourth-order valence-electron chi connectivity index (χ4n) is 3.03. The topological polar surface area (TPSA) is 96.6 Å². The van der Waals surface area contributed by atoms with Crippen molar-refractivity contribution < 1.29 is 27.1 Å². The van der Waals surface area contributed by atoms with E-state index in [2.05, 4.69) is 15.4 Å². The van der Waals surface area contributed by atoms with Crippen LogP contribution in [0.1, 0.15) is 26.3 Å². The molecule has 1 aromatic carbocycles. The molecule has 1 aliphatic rings. The molecule has 164 valence electrons. The van der Waals surface area contributed by atoms with Crippen LogP contribution in [0.15, 0.2) is 12.1 Å². The van der Waals surface area contributed by atoms with Gasteiger partial charge in [-0.1, -0.05) is 0 Å². The zero-order valence-corrected chi connectivity index (χ0v) is 16.7. The fourth-order valence-corrected chi connectivity index (χ4v) is 3.03. The number of aromatic nitrogens is 2. The quantitative estimate of drug-likeness (QED) is 0.429. The lowest BCUT2D eigenvalue weighted by Gasteiger charge is -2.36. The lowest BCUT2D eigenvalue weighted by molar-refractivity contribution is -0.139. The average molecular weight is 430 g/mol. The number of hydrogen-bond acceptors (Lipinski definition) is 7. The number of nitrogens with one attached hydrogen (secondary N) is 1. The van der Waals surface area contributed by atoms with Gasteiger partial charge in [0.05, 0.1) is 16.6 Å². The number of anilines is 2. The Morgan fingerprint density at radius 1 is 1.10 bits per heavy atom. The summed E-state index contributed by atoms with van der Waals surface area (Å²) in [6.07, 6.45) is -5.31. The van der Waals surface area contributed by atoms with Gasteiger partial charge in [0.2, 0.25) is 0 Å². The minimum Gasteiger partial charge on any atom is -0.444 e. The number of fused-ring (bicyclic) bond motifs is 1. The van der Waals surface area contributed by atoms with E-state index in [1.54, 1.807) is 25.7 Å². The van der Waals surface area contributed by atoms with Crippen LogP contribution in [0.3, 0.4) is 0 Å². The maximum Gasteiger partial charge on any atom is 0.419 e.